The van der Waals surface area contributed by atoms with Crippen LogP contribution in [-0.4, -0.2) is 38.8 Å². The Balaban J connectivity index is 2.90. The Hall–Kier alpha value is -0.690. The van der Waals surface area contributed by atoms with Crippen LogP contribution in [0.2, 0.25) is 0 Å². The van der Waals surface area contributed by atoms with Crippen molar-refractivity contribution in [3.05, 3.63) is 26.6 Å². The van der Waals surface area contributed by atoms with Crippen molar-refractivity contribution >= 4 is 55.9 Å². The van der Waals surface area contributed by atoms with Crippen LogP contribution in [0.15, 0.2) is 17.3 Å². The maximum absolute atomic E-state index is 15.2. The zero-order valence-corrected chi connectivity index (χ0v) is 15.7. The van der Waals surface area contributed by atoms with E-state index in [-0.39, 0.29) is 8.25 Å². The molecule has 1 aromatic heterocycles. The molecule has 1 heterocycles. The molecule has 0 saturated heterocycles. The average molecular weight is 538 g/mol. The first kappa shape index (κ1) is 20.6. The Morgan fingerprint density at radius 3 is 2.24 bits per heavy atom. The van der Waals surface area contributed by atoms with Gasteiger partial charge in [0.1, 0.15) is 6.07 Å². The molecule has 0 aromatic carbocycles. The summed E-state index contributed by atoms with van der Waals surface area (Å²) in [6, 6.07) is 1.44. The molecule has 15 heteroatoms. The van der Waals surface area contributed by atoms with Gasteiger partial charge < -0.3 is 0 Å². The van der Waals surface area contributed by atoms with Gasteiger partial charge in [-0.05, 0) is 28.7 Å². The fourth-order valence-corrected chi connectivity index (χ4v) is 4.08. The molecule has 1 N–H and O–H groups in total. The van der Waals surface area contributed by atoms with E-state index < -0.39 is 48.8 Å². The Labute approximate surface area is 160 Å². The van der Waals surface area contributed by atoms with E-state index in [9.17, 15) is 26.0 Å². The predicted molar refractivity (Wildman–Crippen MR) is 82.7 cm³/mol. The molecule has 25 heavy (non-hydrogen) atoms. The number of hydrogen-bond acceptors (Lipinski definition) is 4. The Bertz CT molecular complexity index is 931. The van der Waals surface area contributed by atoms with Gasteiger partial charge in [-0.25, -0.2) is 17.9 Å². The number of rotatable bonds is 2. The lowest BCUT2D eigenvalue weighted by atomic mass is 9.91. The van der Waals surface area contributed by atoms with Crippen molar-refractivity contribution in [1.82, 2.24) is 9.78 Å². The second-order valence-corrected chi connectivity index (χ2v) is 8.40. The van der Waals surface area contributed by atoms with Crippen LogP contribution >= 0.6 is 45.8 Å². The number of nitriles is 1. The molecule has 0 fully saturated rings. The third-order valence-electron chi connectivity index (χ3n) is 3.33. The molecule has 0 spiro atoms. The minimum Gasteiger partial charge on any atom is -0.283 e. The minimum atomic E-state index is -6.33. The van der Waals surface area contributed by atoms with Crippen molar-refractivity contribution in [2.45, 2.75) is 21.8 Å². The third kappa shape index (κ3) is 2.41. The van der Waals surface area contributed by atoms with Crippen molar-refractivity contribution in [2.75, 3.05) is 0 Å². The maximum atomic E-state index is 15.2. The molecule has 2 rings (SSSR count). The summed E-state index contributed by atoms with van der Waals surface area (Å²) < 4.78 is 103. The van der Waals surface area contributed by atoms with Crippen LogP contribution in [0.4, 0.5) is 22.0 Å². The lowest BCUT2D eigenvalue weighted by molar-refractivity contribution is -0.217. The van der Waals surface area contributed by atoms with E-state index in [1.165, 1.54) is 28.7 Å². The maximum Gasteiger partial charge on any atom is 0.354 e. The van der Waals surface area contributed by atoms with Crippen LogP contribution < -0.4 is 0 Å². The van der Waals surface area contributed by atoms with Gasteiger partial charge >= 0.3 is 26.2 Å². The van der Waals surface area contributed by atoms with Crippen molar-refractivity contribution in [2.24, 2.45) is 0 Å². The monoisotopic (exact) mass is 537 g/mol. The van der Waals surface area contributed by atoms with Crippen LogP contribution in [0.25, 0.3) is 0 Å². The summed E-state index contributed by atoms with van der Waals surface area (Å²) in [4.78, 5) is 0. The number of nitrogens with zero attached hydrogens (tertiary/aromatic N) is 3. The summed E-state index contributed by atoms with van der Waals surface area (Å²) in [5.74, 6) is -10.2. The fourth-order valence-electron chi connectivity index (χ4n) is 2.00. The summed E-state index contributed by atoms with van der Waals surface area (Å²) in [5, 5.41) is -0.129. The Morgan fingerprint density at radius 2 is 1.84 bits per heavy atom. The first-order valence-electron chi connectivity index (χ1n) is 5.73. The predicted octanol–water partition coefficient (Wildman–Crippen LogP) is 3.21. The molecule has 3 atom stereocenters. The van der Waals surface area contributed by atoms with Crippen molar-refractivity contribution < 1.29 is 34.9 Å². The highest BCUT2D eigenvalue weighted by molar-refractivity contribution is 14.1. The molecule has 1 aliphatic carbocycles. The van der Waals surface area contributed by atoms with Gasteiger partial charge in [0.15, 0.2) is 5.69 Å². The van der Waals surface area contributed by atoms with E-state index in [4.69, 9.17) is 33.0 Å². The largest absolute Gasteiger partial charge is 0.354 e. The van der Waals surface area contributed by atoms with E-state index in [2.05, 4.69) is 5.10 Å². The molecule has 0 saturated carbocycles. The molecule has 0 bridgehead atoms. The molecule has 1 aliphatic rings. The topological polar surface area (TPSA) is 96.0 Å². The van der Waals surface area contributed by atoms with Crippen LogP contribution in [0, 0.1) is 14.9 Å². The van der Waals surface area contributed by atoms with Gasteiger partial charge in [-0.3, -0.25) is 4.55 Å². The zero-order chi connectivity index (χ0) is 19.6. The Kier molecular flexibility index (Phi) is 4.66. The van der Waals surface area contributed by atoms with Crippen LogP contribution in [-0.2, 0) is 15.9 Å². The summed E-state index contributed by atoms with van der Waals surface area (Å²) in [6.45, 7) is 0. The lowest BCUT2D eigenvalue weighted by Gasteiger charge is -2.45. The highest BCUT2D eigenvalue weighted by Gasteiger charge is 2.84. The number of allylic oxidation sites excluding steroid dienone is 1. The van der Waals surface area contributed by atoms with Crippen LogP contribution in [0.5, 0.6) is 0 Å². The quantitative estimate of drug-likeness (QED) is 0.270. The summed E-state index contributed by atoms with van der Waals surface area (Å²) in [6.07, 6.45) is -0.147. The van der Waals surface area contributed by atoms with Crippen molar-refractivity contribution in [3.8, 4) is 6.07 Å². The highest BCUT2D eigenvalue weighted by Crippen LogP contribution is 2.63. The van der Waals surface area contributed by atoms with Gasteiger partial charge in [-0.15, -0.1) is 0 Å². The molecule has 3 unspecified atom stereocenters. The van der Waals surface area contributed by atoms with E-state index in [1.54, 1.807) is 0 Å². The molecule has 1 aromatic rings. The summed E-state index contributed by atoms with van der Waals surface area (Å²) >= 11 is 11.7. The van der Waals surface area contributed by atoms with Gasteiger partial charge in [0, 0.05) is 6.20 Å². The van der Waals surface area contributed by atoms with E-state index >= 15 is 4.39 Å². The van der Waals surface area contributed by atoms with E-state index in [0.29, 0.717) is 6.20 Å². The Morgan fingerprint density at radius 1 is 1.32 bits per heavy atom. The van der Waals surface area contributed by atoms with Crippen LogP contribution in [0.3, 0.4) is 0 Å². The standard InChI is InChI=1S/C10H3Cl2F5IN3O3S/c11-6-1-7(13,25(22,23)24)10(16,17)9(12,15)8(6,14)21-3-4(18)5(2-19)20-21/h1,3H,(H,22,23,24). The molecule has 138 valence electrons. The molecule has 6 nitrogen and oxygen atoms in total. The van der Waals surface area contributed by atoms with Gasteiger partial charge in [0.05, 0.1) is 8.60 Å². The van der Waals surface area contributed by atoms with E-state index in [0.717, 1.165) is 0 Å². The highest BCUT2D eigenvalue weighted by atomic mass is 127. The third-order valence-corrected chi connectivity index (χ3v) is 6.10. The summed E-state index contributed by atoms with van der Waals surface area (Å²) in [7, 11) is -6.33. The number of hydrogen-bond donors (Lipinski definition) is 1. The molecule has 0 aliphatic heterocycles. The van der Waals surface area contributed by atoms with E-state index in [1.807, 2.05) is 0 Å². The van der Waals surface area contributed by atoms with Gasteiger partial charge in [0.25, 0.3) is 5.79 Å². The molecule has 0 amide bonds. The van der Waals surface area contributed by atoms with Gasteiger partial charge in [-0.2, -0.15) is 27.6 Å². The second kappa shape index (κ2) is 5.65. The molecular formula is C10H3Cl2F5IN3O3S. The minimum absolute atomic E-state index is 0.121. The van der Waals surface area contributed by atoms with Crippen molar-refractivity contribution in [1.29, 1.82) is 5.26 Å². The number of halogens is 8. The number of aromatic nitrogens is 2. The van der Waals surface area contributed by atoms with Crippen LogP contribution in [0.1, 0.15) is 5.69 Å². The second-order valence-electron chi connectivity index (χ2n) is 4.77. The fraction of sp³-hybridized carbons (Fsp3) is 0.400. The first-order valence-corrected chi connectivity index (χ1v) is 9.00. The van der Waals surface area contributed by atoms with Gasteiger partial charge in [0.2, 0.25) is 0 Å². The normalized spacial score (nSPS) is 35.1. The van der Waals surface area contributed by atoms with Crippen molar-refractivity contribution in [3.63, 3.8) is 0 Å². The van der Waals surface area contributed by atoms with Gasteiger partial charge in [-0.1, -0.05) is 23.2 Å². The average Bonchev–Trinajstić information content (AvgIpc) is 2.84. The zero-order valence-electron chi connectivity index (χ0n) is 11.2. The smallest absolute Gasteiger partial charge is 0.283 e. The first-order chi connectivity index (χ1) is 11.1. The molecular weight excluding hydrogens is 535 g/mol. The SMILES string of the molecule is N#Cc1nn(C2(F)C(Cl)=CC(F)(S(=O)(=O)O)C(F)(F)C2(F)Cl)cc1I. The lowest BCUT2D eigenvalue weighted by Crippen LogP contribution is -2.69. The summed E-state index contributed by atoms with van der Waals surface area (Å²) in [5.41, 5.74) is -0.523. The molecule has 0 radical (unpaired) electrons. The number of alkyl halides is 6.